The zero-order chi connectivity index (χ0) is 82.8. The van der Waals surface area contributed by atoms with Gasteiger partial charge in [-0.25, -0.2) is 9.59 Å². The zero-order valence-corrected chi connectivity index (χ0v) is 68.1. The Kier molecular flexibility index (Phi) is 80.0. The maximum atomic E-state index is 10.8. The fourth-order valence-electron chi connectivity index (χ4n) is 7.15. The van der Waals surface area contributed by atoms with Gasteiger partial charge in [0.2, 0.25) is 11.6 Å². The van der Waals surface area contributed by atoms with E-state index in [1.165, 1.54) is 66.5 Å². The van der Waals surface area contributed by atoms with Gasteiger partial charge in [0.05, 0.1) is 67.1 Å². The number of methoxy groups -OCH3 is 13. The predicted molar refractivity (Wildman–Crippen MR) is 416 cm³/mol. The number of terminal acetylenes is 1. The van der Waals surface area contributed by atoms with Crippen LogP contribution in [0.4, 0.5) is 4.79 Å². The van der Waals surface area contributed by atoms with Crippen LogP contribution in [0.2, 0.25) is 19.6 Å². The first-order valence-corrected chi connectivity index (χ1v) is 36.6. The van der Waals surface area contributed by atoms with Crippen molar-refractivity contribution < 1.29 is 105 Å². The van der Waals surface area contributed by atoms with Gasteiger partial charge in [-0.1, -0.05) is 109 Å². The number of amides is 3. The van der Waals surface area contributed by atoms with E-state index >= 15 is 0 Å². The molecular formula is C70H121N15O22SSi. The number of thiol groups is 1. The topological polar surface area (TPSA) is 472 Å². The predicted octanol–water partition coefficient (Wildman–Crippen LogP) is 6.95. The van der Waals surface area contributed by atoms with E-state index < -0.39 is 20.1 Å². The molecule has 1 fully saturated rings. The normalized spacial score (nSPS) is 13.2. The third kappa shape index (κ3) is 67.7. The number of nitrogens with two attached hydrogens (primary N) is 2. The van der Waals surface area contributed by atoms with Crippen molar-refractivity contribution in [3.8, 4) is 35.1 Å². The van der Waals surface area contributed by atoms with Crippen LogP contribution in [0.15, 0.2) is 94.5 Å². The Morgan fingerprint density at radius 2 is 1.18 bits per heavy atom. The van der Waals surface area contributed by atoms with Crippen LogP contribution in [0.1, 0.15) is 45.1 Å². The number of carbonyl (C=O) groups excluding carboxylic acids is 4. The number of carboxylic acids is 1. The molecular weight excluding hydrogens is 1460 g/mol. The van der Waals surface area contributed by atoms with Gasteiger partial charge in [0.1, 0.15) is 53.4 Å². The summed E-state index contributed by atoms with van der Waals surface area (Å²) in [6.07, 6.45) is 10.2. The standard InChI is InChI=1S/C11H12N4O.C10H10N4O.C9H18OSi.C8H13NO3.C6H7NO3.C5H10O2.C4H8O2.C4H6O.C3H9NO2.C3H6O3.C2H5N3O.C2H7NO.C2H6OS.CH4/c1-8-12-14-11(15-13-8)10-5-3-9(4-6-10)7-16-2;1-15-6-8-2-4-9(5-3-8)10-13-11-7-12-14-10;1-7-8(6-10-2)9(7)11(3,4)5;1-6-3-7(6)4-12-8(10)9-5-11-2;1-10-4-7-5(8)2-3-6(7)9;1-6-2-5-3-7-4-5;1-4(5)3-6-2;1-3-4-5-2;1-5-3-6-2-4;1-6-2-3(4)5;1-6-2-4-5-3;1-4-2-3;1-3-2-4;/h3-6H,7H2,1-2H3;2-5,7H,6H2,1H3;8H,6H2,1-5H3;3,7H,4-5H2,1-2H3,(H,9,10);2-3H,4H2,1H3;5H,2-4H2,1H3;3H2,1-2H3;1H,4H2,2H3;2-4H2,1H3;2H2,1H3,(H,4,5);2H2,1H3;2-3H2,1H3;4H,2H2,1H3;1H4. The lowest BCUT2D eigenvalue weighted by Crippen LogP contribution is -2.31. The van der Waals surface area contributed by atoms with Crippen molar-refractivity contribution in [2.75, 3.05) is 192 Å². The molecule has 2 aliphatic carbocycles. The van der Waals surface area contributed by atoms with Crippen molar-refractivity contribution in [2.24, 2.45) is 34.3 Å². The number of hydrogen-bond acceptors (Lipinski definition) is 33. The molecule has 2 aromatic carbocycles. The Balaban J connectivity index is -0.000000270. The number of aromatic nitrogens is 8. The molecule has 2 unspecified atom stereocenters. The number of nitrogens with zero attached hydrogens (tertiary/aromatic N) is 12. The molecule has 37 nitrogen and oxygen atoms in total. The Morgan fingerprint density at radius 1 is 0.688 bits per heavy atom. The molecule has 4 heterocycles. The molecule has 0 radical (unpaired) electrons. The summed E-state index contributed by atoms with van der Waals surface area (Å²) in [5.41, 5.74) is 24.2. The quantitative estimate of drug-likeness (QED) is 0.00351. The highest BCUT2D eigenvalue weighted by Gasteiger charge is 2.40. The number of aliphatic carboxylic acids is 1. The second-order valence-corrected chi connectivity index (χ2v) is 27.4. The van der Waals surface area contributed by atoms with Crippen molar-refractivity contribution in [3.63, 3.8) is 0 Å². The molecule has 4 aliphatic rings. The summed E-state index contributed by atoms with van der Waals surface area (Å²) < 4.78 is 74.3. The van der Waals surface area contributed by atoms with Crippen LogP contribution in [0.25, 0.3) is 33.2 Å². The number of ketones is 1. The first-order chi connectivity index (χ1) is 51.7. The van der Waals surface area contributed by atoms with Gasteiger partial charge in [0.15, 0.2) is 17.9 Å². The minimum Gasteiger partial charge on any atom is -0.480 e. The minimum atomic E-state index is -0.987. The molecule has 6 N–H and O–H groups in total. The van der Waals surface area contributed by atoms with E-state index in [0.29, 0.717) is 74.3 Å². The first kappa shape index (κ1) is 112. The number of azide groups is 1. The highest BCUT2D eigenvalue weighted by Crippen LogP contribution is 2.44. The highest BCUT2D eigenvalue weighted by molar-refractivity contribution is 7.80. The largest absolute Gasteiger partial charge is 0.480 e. The summed E-state index contributed by atoms with van der Waals surface area (Å²) in [5.74, 6) is 4.73. The second kappa shape index (κ2) is 78.0. The van der Waals surface area contributed by atoms with Crippen LogP contribution in [-0.4, -0.2) is 280 Å². The first-order valence-electron chi connectivity index (χ1n) is 32.5. The number of carbonyl (C=O) groups is 5. The molecule has 8 rings (SSSR count). The van der Waals surface area contributed by atoms with E-state index in [1.807, 2.05) is 55.5 Å². The van der Waals surface area contributed by atoms with Crippen LogP contribution in [0.3, 0.4) is 0 Å². The maximum Gasteiger partial charge on any atom is 0.408 e. The van der Waals surface area contributed by atoms with E-state index in [9.17, 15) is 24.0 Å². The molecule has 0 bridgehead atoms. The molecule has 109 heavy (non-hydrogen) atoms. The Bertz CT molecular complexity index is 3030. The summed E-state index contributed by atoms with van der Waals surface area (Å²) in [4.78, 5) is 55.1. The number of hydrogen-bond donors (Lipinski definition) is 5. The van der Waals surface area contributed by atoms with Gasteiger partial charge >= 0.3 is 12.1 Å². The lowest BCUT2D eigenvalue weighted by molar-refractivity contribution is -0.142. The minimum absolute atomic E-state index is 0. The number of nitrogens with one attached hydrogen (secondary N) is 1. The number of rotatable bonds is 29. The molecule has 0 saturated carbocycles. The van der Waals surface area contributed by atoms with E-state index in [2.05, 4.69) is 155 Å². The average Bonchev–Trinajstić information content (AvgIpc) is 1.61. The summed E-state index contributed by atoms with van der Waals surface area (Å²) in [6.45, 7) is 21.6. The third-order valence-corrected chi connectivity index (χ3v) is 14.7. The smallest absolute Gasteiger partial charge is 0.408 e. The lowest BCUT2D eigenvalue weighted by Gasteiger charge is -2.24. The van der Waals surface area contributed by atoms with Gasteiger partial charge in [-0.2, -0.15) is 12.6 Å². The van der Waals surface area contributed by atoms with E-state index in [0.717, 1.165) is 53.6 Å². The number of benzene rings is 2. The summed E-state index contributed by atoms with van der Waals surface area (Å²) in [7, 11) is 19.4. The molecule has 2 aromatic heterocycles. The monoisotopic (exact) mass is 1580 g/mol. The van der Waals surface area contributed by atoms with Crippen molar-refractivity contribution in [2.45, 2.75) is 68.0 Å². The van der Waals surface area contributed by atoms with Crippen LogP contribution in [-0.2, 0) is 108 Å². The summed E-state index contributed by atoms with van der Waals surface area (Å²) in [6, 6.07) is 15.6. The Labute approximate surface area is 649 Å². The van der Waals surface area contributed by atoms with Crippen molar-refractivity contribution in [1.82, 2.24) is 51.0 Å². The third-order valence-electron chi connectivity index (χ3n) is 12.1. The van der Waals surface area contributed by atoms with E-state index in [4.69, 9.17) is 56.9 Å². The van der Waals surface area contributed by atoms with Crippen molar-refractivity contribution >= 4 is 50.4 Å². The van der Waals surface area contributed by atoms with Crippen LogP contribution >= 0.6 is 12.6 Å². The second-order valence-electron chi connectivity index (χ2n) is 22.1. The molecule has 39 heteroatoms. The van der Waals surface area contributed by atoms with Gasteiger partial charge in [-0.15, -0.1) is 47.2 Å². The van der Waals surface area contributed by atoms with Crippen LogP contribution < -0.4 is 16.8 Å². The lowest BCUT2D eigenvalue weighted by atomic mass is 10.1. The summed E-state index contributed by atoms with van der Waals surface area (Å²) in [5, 5.41) is 45.7. The van der Waals surface area contributed by atoms with Crippen LogP contribution in [0.5, 0.6) is 0 Å². The van der Waals surface area contributed by atoms with E-state index in [1.54, 1.807) is 74.6 Å². The van der Waals surface area contributed by atoms with Gasteiger partial charge < -0.3 is 92.4 Å². The Hall–Kier alpha value is -8.15. The fraction of sp³-hybridized carbons (Fsp3) is 0.586. The van der Waals surface area contributed by atoms with Gasteiger partial charge in [-0.3, -0.25) is 24.6 Å². The number of imide groups is 1. The number of carboxylic acid groups (broad SMARTS) is 1. The Morgan fingerprint density at radius 3 is 1.45 bits per heavy atom. The molecule has 2 atom stereocenters. The van der Waals surface area contributed by atoms with Crippen molar-refractivity contribution in [3.05, 3.63) is 117 Å². The fourth-order valence-corrected chi connectivity index (χ4v) is 9.79. The summed E-state index contributed by atoms with van der Waals surface area (Å²) >= 11 is 3.70. The number of alkyl carbamates (subject to hydrolysis) is 1. The highest BCUT2D eigenvalue weighted by atomic mass is 32.1. The number of Topliss-reactive ketones (excluding diaryl/α,β-unsaturated/α-hetero) is 1. The van der Waals surface area contributed by atoms with Gasteiger partial charge in [0, 0.05) is 138 Å². The molecule has 618 valence electrons. The van der Waals surface area contributed by atoms with Gasteiger partial charge in [-0.05, 0) is 44.4 Å². The average molecular weight is 1580 g/mol. The molecule has 0 spiro atoms. The number of ether oxygens (including phenoxy) is 16. The van der Waals surface area contributed by atoms with Gasteiger partial charge in [0.25, 0.3) is 11.8 Å². The molecule has 3 amide bonds. The molecule has 1 saturated heterocycles. The molecule has 4 aromatic rings. The van der Waals surface area contributed by atoms with Crippen molar-refractivity contribution in [1.29, 1.82) is 0 Å². The number of aryl methyl sites for hydroxylation is 1. The van der Waals surface area contributed by atoms with E-state index in [-0.39, 0.29) is 72.0 Å². The maximum absolute atomic E-state index is 10.8. The van der Waals surface area contributed by atoms with Crippen LogP contribution in [0, 0.1) is 37.0 Å². The zero-order valence-electron chi connectivity index (χ0n) is 66.2. The molecule has 2 aliphatic heterocycles. The SMILES string of the molecule is C.C#CCOC.COCC(=O)O.COCC(C)=O.COCC1C(C)=C1[Si](C)(C)C.COCC1COC1.COCN.COCN1C(=O)C=CC1=O.COCN=[N+]=[N-].COCNC(=O)OCC1C=C1C.COCOCN.COCS.COCc1ccc(-c2nnc(C)nn2)cc1.COCc1ccc(-c2nncnn2)cc1.